The third-order valence-corrected chi connectivity index (χ3v) is 8.54. The van der Waals surface area contributed by atoms with Crippen LogP contribution < -0.4 is 0 Å². The van der Waals surface area contributed by atoms with Gasteiger partial charge in [0.25, 0.3) is 0 Å². The van der Waals surface area contributed by atoms with Crippen molar-refractivity contribution in [3.05, 3.63) is 47.0 Å². The Kier molecular flexibility index (Phi) is 7.67. The Bertz CT molecular complexity index is 855. The van der Waals surface area contributed by atoms with Crippen LogP contribution >= 0.6 is 0 Å². The van der Waals surface area contributed by atoms with Gasteiger partial charge in [-0.3, -0.25) is 0 Å². The molecule has 2 aromatic carbocycles. The molecule has 0 aromatic heterocycles. The highest BCUT2D eigenvalue weighted by atomic mass is 19.2. The van der Waals surface area contributed by atoms with E-state index in [2.05, 4.69) is 6.92 Å². The molecule has 0 bridgehead atoms. The Labute approximate surface area is 187 Å². The van der Waals surface area contributed by atoms with Gasteiger partial charge in [-0.2, -0.15) is 0 Å². The predicted octanol–water partition coefficient (Wildman–Crippen LogP) is 9.03. The SMILES string of the molecule is CCCC1CCC(C2CCC(CCc3cc4ccc(CC)cc4c(F)c3F)CC2)CC1. The highest BCUT2D eigenvalue weighted by molar-refractivity contribution is 5.84. The molecule has 0 radical (unpaired) electrons. The standard InChI is InChI=1S/C29H40F2/c1-3-5-21-7-12-23(13-8-21)24-14-9-22(10-15-24)11-17-26-19-25-16-6-20(4-2)18-27(25)29(31)28(26)30/h6,16,18-19,21-24H,3-5,7-15,17H2,1-2H3. The summed E-state index contributed by atoms with van der Waals surface area (Å²) in [5, 5.41) is 1.25. The number of aryl methyl sites for hydroxylation is 2. The zero-order valence-electron chi connectivity index (χ0n) is 19.6. The fraction of sp³-hybridized carbons (Fsp3) is 0.655. The van der Waals surface area contributed by atoms with Crippen LogP contribution in [0.4, 0.5) is 8.78 Å². The maximum atomic E-state index is 14.7. The minimum absolute atomic E-state index is 0.426. The number of hydrogen-bond acceptors (Lipinski definition) is 0. The highest BCUT2D eigenvalue weighted by Gasteiger charge is 2.30. The number of hydrogen-bond donors (Lipinski definition) is 0. The average molecular weight is 427 g/mol. The number of rotatable bonds is 7. The molecule has 2 saturated carbocycles. The largest absolute Gasteiger partial charge is 0.203 e. The molecule has 0 nitrogen and oxygen atoms in total. The lowest BCUT2D eigenvalue weighted by molar-refractivity contribution is 0.141. The van der Waals surface area contributed by atoms with Gasteiger partial charge in [0.1, 0.15) is 0 Å². The van der Waals surface area contributed by atoms with E-state index in [4.69, 9.17) is 0 Å². The fourth-order valence-electron chi connectivity index (χ4n) is 6.50. The third-order valence-electron chi connectivity index (χ3n) is 8.54. The first-order valence-electron chi connectivity index (χ1n) is 13.0. The van der Waals surface area contributed by atoms with Crippen molar-refractivity contribution < 1.29 is 8.78 Å². The molecule has 31 heavy (non-hydrogen) atoms. The molecule has 0 spiro atoms. The molecule has 2 heteroatoms. The number of benzene rings is 2. The lowest BCUT2D eigenvalue weighted by Crippen LogP contribution is -2.26. The van der Waals surface area contributed by atoms with E-state index in [1.807, 2.05) is 25.1 Å². The summed E-state index contributed by atoms with van der Waals surface area (Å²) in [6, 6.07) is 7.66. The van der Waals surface area contributed by atoms with Crippen LogP contribution in [-0.2, 0) is 12.8 Å². The molecule has 0 unspecified atom stereocenters. The van der Waals surface area contributed by atoms with E-state index in [1.165, 1.54) is 64.2 Å². The predicted molar refractivity (Wildman–Crippen MR) is 127 cm³/mol. The van der Waals surface area contributed by atoms with Gasteiger partial charge in [0.2, 0.25) is 0 Å². The molecule has 0 atom stereocenters. The maximum Gasteiger partial charge on any atom is 0.166 e. The van der Waals surface area contributed by atoms with Crippen LogP contribution in [0.1, 0.15) is 95.6 Å². The topological polar surface area (TPSA) is 0 Å². The van der Waals surface area contributed by atoms with Crippen LogP contribution in [0.25, 0.3) is 10.8 Å². The van der Waals surface area contributed by atoms with Crippen molar-refractivity contribution in [1.82, 2.24) is 0 Å². The number of fused-ring (bicyclic) bond motifs is 1. The smallest absolute Gasteiger partial charge is 0.166 e. The summed E-state index contributed by atoms with van der Waals surface area (Å²) in [5.41, 5.74) is 1.61. The maximum absolute atomic E-state index is 14.7. The van der Waals surface area contributed by atoms with Gasteiger partial charge in [-0.25, -0.2) is 8.78 Å². The van der Waals surface area contributed by atoms with Crippen molar-refractivity contribution in [2.45, 2.75) is 97.3 Å². The molecule has 0 amide bonds. The van der Waals surface area contributed by atoms with E-state index in [9.17, 15) is 8.78 Å². The molecular formula is C29H40F2. The molecule has 2 aliphatic rings. The summed E-state index contributed by atoms with van der Waals surface area (Å²) in [6.45, 7) is 4.35. The minimum atomic E-state index is -0.662. The molecule has 0 heterocycles. The molecule has 0 N–H and O–H groups in total. The zero-order valence-corrected chi connectivity index (χ0v) is 19.6. The Balaban J connectivity index is 1.30. The summed E-state index contributed by atoms with van der Waals surface area (Å²) in [5.74, 6) is 2.25. The van der Waals surface area contributed by atoms with Gasteiger partial charge in [-0.15, -0.1) is 0 Å². The third kappa shape index (κ3) is 5.32. The first-order valence-corrected chi connectivity index (χ1v) is 13.0. The van der Waals surface area contributed by atoms with Gasteiger partial charge in [-0.1, -0.05) is 64.5 Å². The van der Waals surface area contributed by atoms with Crippen molar-refractivity contribution in [2.24, 2.45) is 23.7 Å². The van der Waals surface area contributed by atoms with E-state index in [-0.39, 0.29) is 0 Å². The van der Waals surface area contributed by atoms with Crippen molar-refractivity contribution in [3.8, 4) is 0 Å². The normalized spacial score (nSPS) is 27.0. The first-order chi connectivity index (χ1) is 15.1. The van der Waals surface area contributed by atoms with E-state index in [0.717, 1.165) is 41.5 Å². The molecule has 170 valence electrons. The van der Waals surface area contributed by atoms with Crippen LogP contribution in [-0.4, -0.2) is 0 Å². The van der Waals surface area contributed by atoms with Crippen molar-refractivity contribution in [3.63, 3.8) is 0 Å². The van der Waals surface area contributed by atoms with E-state index >= 15 is 0 Å². The van der Waals surface area contributed by atoms with Gasteiger partial charge in [0.15, 0.2) is 11.6 Å². The minimum Gasteiger partial charge on any atom is -0.203 e. The summed E-state index contributed by atoms with van der Waals surface area (Å²) in [7, 11) is 0. The summed E-state index contributed by atoms with van der Waals surface area (Å²) < 4.78 is 29.4. The molecular weight excluding hydrogens is 386 g/mol. The number of halogens is 2. The Hall–Kier alpha value is -1.44. The van der Waals surface area contributed by atoms with Crippen LogP contribution in [0.5, 0.6) is 0 Å². The Morgan fingerprint density at radius 2 is 1.35 bits per heavy atom. The van der Waals surface area contributed by atoms with Crippen molar-refractivity contribution >= 4 is 10.8 Å². The van der Waals surface area contributed by atoms with Gasteiger partial charge < -0.3 is 0 Å². The van der Waals surface area contributed by atoms with E-state index in [0.29, 0.717) is 23.3 Å². The fourth-order valence-corrected chi connectivity index (χ4v) is 6.50. The van der Waals surface area contributed by atoms with Gasteiger partial charge in [0.05, 0.1) is 0 Å². The van der Waals surface area contributed by atoms with Crippen LogP contribution in [0.3, 0.4) is 0 Å². The van der Waals surface area contributed by atoms with Crippen molar-refractivity contribution in [2.75, 3.05) is 0 Å². The Morgan fingerprint density at radius 3 is 1.94 bits per heavy atom. The molecule has 0 aliphatic heterocycles. The van der Waals surface area contributed by atoms with Crippen LogP contribution in [0, 0.1) is 35.3 Å². The summed E-state index contributed by atoms with van der Waals surface area (Å²) in [6.07, 6.45) is 16.3. The molecule has 2 fully saturated rings. The molecule has 4 rings (SSSR count). The summed E-state index contributed by atoms with van der Waals surface area (Å²) >= 11 is 0. The van der Waals surface area contributed by atoms with E-state index < -0.39 is 11.6 Å². The lowest BCUT2D eigenvalue weighted by Gasteiger charge is -2.38. The van der Waals surface area contributed by atoms with Crippen molar-refractivity contribution in [1.29, 1.82) is 0 Å². The second kappa shape index (κ2) is 10.5. The molecule has 2 aliphatic carbocycles. The molecule has 2 aromatic rings. The van der Waals surface area contributed by atoms with Gasteiger partial charge >= 0.3 is 0 Å². The second-order valence-corrected chi connectivity index (χ2v) is 10.5. The highest BCUT2D eigenvalue weighted by Crippen LogP contribution is 2.43. The van der Waals surface area contributed by atoms with E-state index in [1.54, 1.807) is 6.07 Å². The Morgan fingerprint density at radius 1 is 0.742 bits per heavy atom. The van der Waals surface area contributed by atoms with Gasteiger partial charge in [-0.05, 0) is 97.3 Å². The monoisotopic (exact) mass is 426 g/mol. The summed E-state index contributed by atoms with van der Waals surface area (Å²) in [4.78, 5) is 0. The quantitative estimate of drug-likeness (QED) is 0.414. The zero-order chi connectivity index (χ0) is 21.8. The lowest BCUT2D eigenvalue weighted by atomic mass is 9.68. The van der Waals surface area contributed by atoms with Gasteiger partial charge in [0, 0.05) is 5.39 Å². The second-order valence-electron chi connectivity index (χ2n) is 10.5. The molecule has 0 saturated heterocycles. The van der Waals surface area contributed by atoms with Crippen LogP contribution in [0.15, 0.2) is 24.3 Å². The first kappa shape index (κ1) is 22.7. The van der Waals surface area contributed by atoms with Crippen LogP contribution in [0.2, 0.25) is 0 Å². The average Bonchev–Trinajstić information content (AvgIpc) is 2.81.